The van der Waals surface area contributed by atoms with Gasteiger partial charge in [-0.3, -0.25) is 0 Å². The highest BCUT2D eigenvalue weighted by Crippen LogP contribution is 2.06. The zero-order valence-electron chi connectivity index (χ0n) is 8.90. The van der Waals surface area contributed by atoms with E-state index in [4.69, 9.17) is 0 Å². The quantitative estimate of drug-likeness (QED) is 0.669. The molecule has 0 bridgehead atoms. The third-order valence-electron chi connectivity index (χ3n) is 1.66. The molecule has 1 aromatic rings. The van der Waals surface area contributed by atoms with Crippen LogP contribution in [0.25, 0.3) is 0 Å². The molecule has 6 nitrogen and oxygen atoms in total. The van der Waals surface area contributed by atoms with E-state index < -0.39 is 15.6 Å². The van der Waals surface area contributed by atoms with Crippen LogP contribution in [0.1, 0.15) is 19.7 Å². The monoisotopic (exact) mass is 233 g/mol. The van der Waals surface area contributed by atoms with Crippen LogP contribution in [0.4, 0.5) is 0 Å². The fourth-order valence-electron chi connectivity index (χ4n) is 0.884. The summed E-state index contributed by atoms with van der Waals surface area (Å²) < 4.78 is 25.5. The van der Waals surface area contributed by atoms with Gasteiger partial charge in [0.05, 0.1) is 11.8 Å². The normalized spacial score (nSPS) is 13.1. The molecule has 0 unspecified atom stereocenters. The summed E-state index contributed by atoms with van der Waals surface area (Å²) in [5, 5.41) is 9.38. The summed E-state index contributed by atoms with van der Waals surface area (Å²) >= 11 is 0. The minimum absolute atomic E-state index is 0.00394. The molecule has 7 heteroatoms. The first-order valence-electron chi connectivity index (χ1n) is 4.44. The summed E-state index contributed by atoms with van der Waals surface area (Å²) in [6.07, 6.45) is 1.24. The zero-order valence-corrected chi connectivity index (χ0v) is 9.72. The third kappa shape index (κ3) is 3.61. The Bertz CT molecular complexity index is 430. The maximum absolute atomic E-state index is 11.6. The molecular formula is C8H15N3O3S. The zero-order chi connectivity index (χ0) is 11.7. The maximum Gasteiger partial charge on any atom is 0.257 e. The van der Waals surface area contributed by atoms with Crippen LogP contribution in [0.5, 0.6) is 0 Å². The molecule has 0 aliphatic carbocycles. The molecule has 3 N–H and O–H groups in total. The van der Waals surface area contributed by atoms with Crippen molar-refractivity contribution in [1.82, 2.24) is 14.7 Å². The van der Waals surface area contributed by atoms with Gasteiger partial charge in [0.2, 0.25) is 0 Å². The molecular weight excluding hydrogens is 218 g/mol. The summed E-state index contributed by atoms with van der Waals surface area (Å²) in [5.74, 6) is 0.527. The van der Waals surface area contributed by atoms with Crippen molar-refractivity contribution < 1.29 is 13.5 Å². The van der Waals surface area contributed by atoms with E-state index in [1.54, 1.807) is 6.92 Å². The van der Waals surface area contributed by atoms with Gasteiger partial charge in [-0.05, 0) is 20.8 Å². The highest BCUT2D eigenvalue weighted by Gasteiger charge is 2.20. The van der Waals surface area contributed by atoms with E-state index in [-0.39, 0.29) is 11.6 Å². The first-order chi connectivity index (χ1) is 6.71. The van der Waals surface area contributed by atoms with E-state index in [9.17, 15) is 13.5 Å². The van der Waals surface area contributed by atoms with Gasteiger partial charge in [-0.25, -0.2) is 18.1 Å². The predicted molar refractivity (Wildman–Crippen MR) is 54.8 cm³/mol. The van der Waals surface area contributed by atoms with Crippen LogP contribution in [-0.2, 0) is 10.0 Å². The number of hydrogen-bond donors (Lipinski definition) is 3. The van der Waals surface area contributed by atoms with Gasteiger partial charge in [0, 0.05) is 6.54 Å². The number of aromatic amines is 1. The highest BCUT2D eigenvalue weighted by molar-refractivity contribution is 7.89. The summed E-state index contributed by atoms with van der Waals surface area (Å²) in [6, 6.07) is 0. The molecule has 0 spiro atoms. The average molecular weight is 233 g/mol. The van der Waals surface area contributed by atoms with Crippen LogP contribution in [0, 0.1) is 6.92 Å². The predicted octanol–water partition coefficient (Wildman–Crippen LogP) is -0.233. The van der Waals surface area contributed by atoms with E-state index in [1.165, 1.54) is 20.0 Å². The number of imidazole rings is 1. The number of nitrogens with one attached hydrogen (secondary N) is 2. The van der Waals surface area contributed by atoms with Gasteiger partial charge in [0.1, 0.15) is 5.82 Å². The lowest BCUT2D eigenvalue weighted by Gasteiger charge is -2.16. The van der Waals surface area contributed by atoms with Crippen LogP contribution in [-0.4, -0.2) is 35.6 Å². The van der Waals surface area contributed by atoms with Crippen molar-refractivity contribution >= 4 is 10.0 Å². The van der Waals surface area contributed by atoms with Crippen LogP contribution in [0.15, 0.2) is 11.2 Å². The summed E-state index contributed by atoms with van der Waals surface area (Å²) in [6.45, 7) is 4.66. The lowest BCUT2D eigenvalue weighted by atomic mass is 10.1. The number of rotatable bonds is 4. The second kappa shape index (κ2) is 3.92. The molecule has 0 aliphatic rings. The van der Waals surface area contributed by atoms with E-state index >= 15 is 0 Å². The van der Waals surface area contributed by atoms with Gasteiger partial charge in [-0.15, -0.1) is 0 Å². The van der Waals surface area contributed by atoms with E-state index in [1.807, 2.05) is 0 Å². The van der Waals surface area contributed by atoms with Crippen molar-refractivity contribution in [3.63, 3.8) is 0 Å². The molecule has 86 valence electrons. The maximum atomic E-state index is 11.6. The summed E-state index contributed by atoms with van der Waals surface area (Å²) in [4.78, 5) is 6.40. The third-order valence-corrected chi connectivity index (χ3v) is 2.97. The molecule has 0 aromatic carbocycles. The van der Waals surface area contributed by atoms with Gasteiger partial charge in [0.25, 0.3) is 10.0 Å². The van der Waals surface area contributed by atoms with E-state index in [0.717, 1.165) is 0 Å². The number of hydrogen-bond acceptors (Lipinski definition) is 4. The second-order valence-corrected chi connectivity index (χ2v) is 5.71. The Morgan fingerprint density at radius 2 is 2.20 bits per heavy atom. The van der Waals surface area contributed by atoms with Crippen LogP contribution >= 0.6 is 0 Å². The van der Waals surface area contributed by atoms with Gasteiger partial charge in [-0.2, -0.15) is 0 Å². The standard InChI is InChI=1S/C8H15N3O3S/c1-6-9-4-7(11-6)15(13,14)10-5-8(2,3)12/h4,10,12H,5H2,1-3H3,(H,9,11). The van der Waals surface area contributed by atoms with Crippen LogP contribution < -0.4 is 4.72 Å². The molecule has 1 heterocycles. The molecule has 0 saturated heterocycles. The molecule has 0 fully saturated rings. The second-order valence-electron chi connectivity index (χ2n) is 3.97. The largest absolute Gasteiger partial charge is 0.389 e. The number of sulfonamides is 1. The van der Waals surface area contributed by atoms with Crippen LogP contribution in [0.3, 0.4) is 0 Å². The first kappa shape index (κ1) is 12.2. The Morgan fingerprint density at radius 3 is 2.60 bits per heavy atom. The number of aryl methyl sites for hydroxylation is 1. The molecule has 1 aromatic heterocycles. The molecule has 1 rings (SSSR count). The molecule has 0 radical (unpaired) electrons. The fraction of sp³-hybridized carbons (Fsp3) is 0.625. The lowest BCUT2D eigenvalue weighted by Crippen LogP contribution is -2.38. The van der Waals surface area contributed by atoms with Gasteiger partial charge in [0.15, 0.2) is 5.03 Å². The number of aliphatic hydroxyl groups is 1. The van der Waals surface area contributed by atoms with Gasteiger partial charge in [-0.1, -0.05) is 0 Å². The Balaban J connectivity index is 2.77. The number of H-pyrrole nitrogens is 1. The number of nitrogens with zero attached hydrogens (tertiary/aromatic N) is 1. The Kier molecular flexibility index (Phi) is 3.17. The molecule has 15 heavy (non-hydrogen) atoms. The van der Waals surface area contributed by atoms with E-state index in [2.05, 4.69) is 14.7 Å². The Hall–Kier alpha value is -0.920. The molecule has 0 aliphatic heterocycles. The smallest absolute Gasteiger partial charge is 0.257 e. The molecule has 0 amide bonds. The highest BCUT2D eigenvalue weighted by atomic mass is 32.2. The Morgan fingerprint density at radius 1 is 1.60 bits per heavy atom. The van der Waals surface area contributed by atoms with Crippen LogP contribution in [0.2, 0.25) is 0 Å². The van der Waals surface area contributed by atoms with Gasteiger partial charge < -0.3 is 10.1 Å². The lowest BCUT2D eigenvalue weighted by molar-refractivity contribution is 0.0857. The number of aromatic nitrogens is 2. The summed E-state index contributed by atoms with van der Waals surface area (Å²) in [7, 11) is -3.60. The van der Waals surface area contributed by atoms with Crippen molar-refractivity contribution in [2.75, 3.05) is 6.54 Å². The minimum atomic E-state index is -3.60. The SMILES string of the molecule is Cc1ncc(S(=O)(=O)NCC(C)(C)O)[nH]1. The van der Waals surface area contributed by atoms with Crippen molar-refractivity contribution in [3.05, 3.63) is 12.0 Å². The Labute approximate surface area is 88.8 Å². The van der Waals surface area contributed by atoms with Crippen molar-refractivity contribution in [1.29, 1.82) is 0 Å². The van der Waals surface area contributed by atoms with Gasteiger partial charge >= 0.3 is 0 Å². The molecule has 0 atom stereocenters. The summed E-state index contributed by atoms with van der Waals surface area (Å²) in [5.41, 5.74) is -1.08. The molecule has 0 saturated carbocycles. The topological polar surface area (TPSA) is 95.1 Å². The van der Waals surface area contributed by atoms with Crippen molar-refractivity contribution in [2.45, 2.75) is 31.4 Å². The first-order valence-corrected chi connectivity index (χ1v) is 5.93. The van der Waals surface area contributed by atoms with E-state index in [0.29, 0.717) is 5.82 Å². The van der Waals surface area contributed by atoms with Crippen molar-refractivity contribution in [2.24, 2.45) is 0 Å². The van der Waals surface area contributed by atoms with Crippen molar-refractivity contribution in [3.8, 4) is 0 Å². The minimum Gasteiger partial charge on any atom is -0.389 e. The average Bonchev–Trinajstić information content (AvgIpc) is 2.48. The fourth-order valence-corrected chi connectivity index (χ4v) is 2.06.